The standard InChI is InChI=1S/C29H32Cl2N2O2S/c1-29(2,3)32-28(35)26(16-21-10-6-4-7-11-21)33(18-23-14-15-24(30)17-25(23)31)27(34)20-36-19-22-12-8-5-9-13-22/h4-15,17,26H,16,18-20H2,1-3H3,(H,32,35)/t26-/m1/s1. The third kappa shape index (κ3) is 8.88. The lowest BCUT2D eigenvalue weighted by Gasteiger charge is -2.34. The molecule has 0 aliphatic carbocycles. The number of hydrogen-bond acceptors (Lipinski definition) is 3. The van der Waals surface area contributed by atoms with Crippen LogP contribution in [0.5, 0.6) is 0 Å². The molecule has 0 heterocycles. The number of rotatable bonds is 10. The summed E-state index contributed by atoms with van der Waals surface area (Å²) in [5.74, 6) is 0.637. The summed E-state index contributed by atoms with van der Waals surface area (Å²) in [5.41, 5.74) is 2.42. The number of halogens is 2. The predicted octanol–water partition coefficient (Wildman–Crippen LogP) is 6.78. The third-order valence-electron chi connectivity index (χ3n) is 5.46. The highest BCUT2D eigenvalue weighted by atomic mass is 35.5. The number of carbonyl (C=O) groups excluding carboxylic acids is 2. The van der Waals surface area contributed by atoms with Gasteiger partial charge in [0.05, 0.1) is 5.75 Å². The van der Waals surface area contributed by atoms with Crippen molar-refractivity contribution in [2.24, 2.45) is 0 Å². The van der Waals surface area contributed by atoms with Gasteiger partial charge in [-0.2, -0.15) is 0 Å². The first-order valence-corrected chi connectivity index (χ1v) is 13.7. The van der Waals surface area contributed by atoms with E-state index in [-0.39, 0.29) is 24.1 Å². The molecule has 3 aromatic carbocycles. The quantitative estimate of drug-likeness (QED) is 0.307. The molecule has 0 aliphatic heterocycles. The SMILES string of the molecule is CC(C)(C)NC(=O)[C@@H](Cc1ccccc1)N(Cc1ccc(Cl)cc1Cl)C(=O)CSCc1ccccc1. The van der Waals surface area contributed by atoms with Crippen molar-refractivity contribution in [3.8, 4) is 0 Å². The molecule has 0 aliphatic rings. The Labute approximate surface area is 228 Å². The molecule has 190 valence electrons. The average molecular weight is 544 g/mol. The first kappa shape index (κ1) is 28.1. The van der Waals surface area contributed by atoms with Crippen LogP contribution in [0.1, 0.15) is 37.5 Å². The van der Waals surface area contributed by atoms with E-state index in [9.17, 15) is 9.59 Å². The van der Waals surface area contributed by atoms with Crippen LogP contribution in [-0.4, -0.2) is 34.0 Å². The Balaban J connectivity index is 1.90. The highest BCUT2D eigenvalue weighted by molar-refractivity contribution is 7.99. The van der Waals surface area contributed by atoms with Gasteiger partial charge in [0.1, 0.15) is 6.04 Å². The summed E-state index contributed by atoms with van der Waals surface area (Å²) < 4.78 is 0. The maximum atomic E-state index is 13.7. The van der Waals surface area contributed by atoms with Gasteiger partial charge in [-0.3, -0.25) is 9.59 Å². The van der Waals surface area contributed by atoms with Crippen molar-refractivity contribution < 1.29 is 9.59 Å². The minimum absolute atomic E-state index is 0.119. The molecule has 3 rings (SSSR count). The van der Waals surface area contributed by atoms with Gasteiger partial charge in [0.25, 0.3) is 0 Å². The Morgan fingerprint density at radius 3 is 2.11 bits per heavy atom. The van der Waals surface area contributed by atoms with Gasteiger partial charge in [-0.1, -0.05) is 89.9 Å². The Bertz CT molecular complexity index is 1150. The molecular formula is C29H32Cl2N2O2S. The van der Waals surface area contributed by atoms with Crippen molar-refractivity contribution in [2.45, 2.75) is 51.1 Å². The van der Waals surface area contributed by atoms with Crippen molar-refractivity contribution in [1.82, 2.24) is 10.2 Å². The van der Waals surface area contributed by atoms with Crippen LogP contribution in [0, 0.1) is 0 Å². The van der Waals surface area contributed by atoms with Gasteiger partial charge in [-0.15, -0.1) is 11.8 Å². The summed E-state index contributed by atoms with van der Waals surface area (Å²) in [6.45, 7) is 6.00. The fourth-order valence-corrected chi connectivity index (χ4v) is 5.09. The smallest absolute Gasteiger partial charge is 0.243 e. The zero-order valence-corrected chi connectivity index (χ0v) is 23.2. The van der Waals surface area contributed by atoms with Crippen molar-refractivity contribution in [2.75, 3.05) is 5.75 Å². The van der Waals surface area contributed by atoms with E-state index in [1.807, 2.05) is 87.5 Å². The second-order valence-corrected chi connectivity index (χ2v) is 11.5. The molecular weight excluding hydrogens is 511 g/mol. The summed E-state index contributed by atoms with van der Waals surface area (Å²) in [4.78, 5) is 28.9. The van der Waals surface area contributed by atoms with Crippen LogP contribution in [-0.2, 0) is 28.3 Å². The molecule has 2 amide bonds. The lowest BCUT2D eigenvalue weighted by Crippen LogP contribution is -2.54. The van der Waals surface area contributed by atoms with Crippen LogP contribution < -0.4 is 5.32 Å². The van der Waals surface area contributed by atoms with Crippen LogP contribution in [0.4, 0.5) is 0 Å². The number of benzene rings is 3. The molecule has 7 heteroatoms. The number of nitrogens with zero attached hydrogens (tertiary/aromatic N) is 1. The molecule has 3 aromatic rings. The van der Waals surface area contributed by atoms with E-state index < -0.39 is 11.6 Å². The molecule has 0 saturated carbocycles. The first-order chi connectivity index (χ1) is 17.1. The Hall–Kier alpha value is -2.47. The van der Waals surface area contributed by atoms with Gasteiger partial charge >= 0.3 is 0 Å². The molecule has 0 fully saturated rings. The number of amides is 2. The largest absolute Gasteiger partial charge is 0.350 e. The van der Waals surface area contributed by atoms with Gasteiger partial charge in [-0.05, 0) is 49.6 Å². The zero-order valence-electron chi connectivity index (χ0n) is 20.8. The number of nitrogens with one attached hydrogen (secondary N) is 1. The van der Waals surface area contributed by atoms with Crippen LogP contribution in [0.15, 0.2) is 78.9 Å². The third-order valence-corrected chi connectivity index (χ3v) is 7.04. The van der Waals surface area contributed by atoms with E-state index in [1.54, 1.807) is 17.0 Å². The summed E-state index contributed by atoms with van der Waals surface area (Å²) in [7, 11) is 0. The minimum Gasteiger partial charge on any atom is -0.350 e. The zero-order chi connectivity index (χ0) is 26.1. The molecule has 0 saturated heterocycles. The van der Waals surface area contributed by atoms with Gasteiger partial charge < -0.3 is 10.2 Å². The van der Waals surface area contributed by atoms with E-state index in [0.717, 1.165) is 16.7 Å². The van der Waals surface area contributed by atoms with E-state index in [1.165, 1.54) is 11.8 Å². The summed E-state index contributed by atoms with van der Waals surface area (Å²) >= 11 is 14.1. The predicted molar refractivity (Wildman–Crippen MR) is 151 cm³/mol. The van der Waals surface area contributed by atoms with Crippen LogP contribution in [0.3, 0.4) is 0 Å². The molecule has 0 unspecified atom stereocenters. The lowest BCUT2D eigenvalue weighted by atomic mass is 10.0. The highest BCUT2D eigenvalue weighted by Gasteiger charge is 2.32. The summed E-state index contributed by atoms with van der Waals surface area (Å²) in [6.07, 6.45) is 0.392. The van der Waals surface area contributed by atoms with Crippen LogP contribution >= 0.6 is 35.0 Å². The van der Waals surface area contributed by atoms with Crippen molar-refractivity contribution in [1.29, 1.82) is 0 Å². The molecule has 1 atom stereocenters. The molecule has 4 nitrogen and oxygen atoms in total. The van der Waals surface area contributed by atoms with Gasteiger partial charge in [0, 0.05) is 34.3 Å². The maximum absolute atomic E-state index is 13.7. The minimum atomic E-state index is -0.705. The maximum Gasteiger partial charge on any atom is 0.243 e. The Kier molecular flexibility index (Phi) is 10.3. The van der Waals surface area contributed by atoms with Gasteiger partial charge in [0.2, 0.25) is 11.8 Å². The molecule has 0 bridgehead atoms. The van der Waals surface area contributed by atoms with Crippen molar-refractivity contribution in [3.63, 3.8) is 0 Å². The molecule has 36 heavy (non-hydrogen) atoms. The second-order valence-electron chi connectivity index (χ2n) is 9.68. The lowest BCUT2D eigenvalue weighted by molar-refractivity contribution is -0.140. The number of carbonyl (C=O) groups is 2. The number of thioether (sulfide) groups is 1. The van der Waals surface area contributed by atoms with Crippen molar-refractivity contribution in [3.05, 3.63) is 106 Å². The average Bonchev–Trinajstić information content (AvgIpc) is 2.82. The Morgan fingerprint density at radius 2 is 1.53 bits per heavy atom. The molecule has 0 spiro atoms. The Morgan fingerprint density at radius 1 is 0.917 bits per heavy atom. The molecule has 0 radical (unpaired) electrons. The van der Waals surface area contributed by atoms with E-state index in [4.69, 9.17) is 23.2 Å². The number of hydrogen-bond donors (Lipinski definition) is 1. The summed E-state index contributed by atoms with van der Waals surface area (Å²) in [5, 5.41) is 4.06. The van der Waals surface area contributed by atoms with Gasteiger partial charge in [-0.25, -0.2) is 0 Å². The van der Waals surface area contributed by atoms with E-state index in [0.29, 0.717) is 22.2 Å². The van der Waals surface area contributed by atoms with Gasteiger partial charge in [0.15, 0.2) is 0 Å². The van der Waals surface area contributed by atoms with E-state index >= 15 is 0 Å². The molecule has 1 N–H and O–H groups in total. The summed E-state index contributed by atoms with van der Waals surface area (Å²) in [6, 6.07) is 24.3. The van der Waals surface area contributed by atoms with Crippen LogP contribution in [0.2, 0.25) is 10.0 Å². The second kappa shape index (κ2) is 13.2. The van der Waals surface area contributed by atoms with E-state index in [2.05, 4.69) is 5.32 Å². The fourth-order valence-electron chi connectivity index (χ4n) is 3.75. The monoisotopic (exact) mass is 542 g/mol. The molecule has 0 aromatic heterocycles. The first-order valence-electron chi connectivity index (χ1n) is 11.8. The van der Waals surface area contributed by atoms with Crippen molar-refractivity contribution >= 4 is 46.8 Å². The van der Waals surface area contributed by atoms with Crippen LogP contribution in [0.25, 0.3) is 0 Å². The normalized spacial score (nSPS) is 12.1. The fraction of sp³-hybridized carbons (Fsp3) is 0.310. The topological polar surface area (TPSA) is 49.4 Å². The highest BCUT2D eigenvalue weighted by Crippen LogP contribution is 2.25.